The third kappa shape index (κ3) is 4.91. The summed E-state index contributed by atoms with van der Waals surface area (Å²) in [7, 11) is -3.55. The van der Waals surface area contributed by atoms with Crippen molar-refractivity contribution >= 4 is 15.9 Å². The first kappa shape index (κ1) is 18.2. The van der Waals surface area contributed by atoms with E-state index >= 15 is 0 Å². The van der Waals surface area contributed by atoms with Crippen molar-refractivity contribution in [2.75, 3.05) is 13.1 Å². The molecule has 0 saturated heterocycles. The molecule has 0 unspecified atom stereocenters. The van der Waals surface area contributed by atoms with Crippen LogP contribution in [0.4, 0.5) is 0 Å². The Morgan fingerprint density at radius 1 is 0.958 bits per heavy atom. The average Bonchev–Trinajstić information content (AvgIpc) is 2.59. The SMILES string of the molecule is CCc1ccc(C(=O)NCCNS(=O)(=O)c2ccc(C)cc2)cc1. The molecule has 0 bridgehead atoms. The zero-order valence-electron chi connectivity index (χ0n) is 13.9. The monoisotopic (exact) mass is 346 g/mol. The lowest BCUT2D eigenvalue weighted by Gasteiger charge is -2.08. The van der Waals surface area contributed by atoms with Crippen molar-refractivity contribution in [3.05, 3.63) is 65.2 Å². The Kier molecular flexibility index (Phi) is 6.11. The zero-order valence-corrected chi connectivity index (χ0v) is 14.7. The lowest BCUT2D eigenvalue weighted by Crippen LogP contribution is -2.34. The summed E-state index contributed by atoms with van der Waals surface area (Å²) in [4.78, 5) is 12.2. The first-order chi connectivity index (χ1) is 11.4. The van der Waals surface area contributed by atoms with Gasteiger partial charge in [-0.05, 0) is 43.2 Å². The maximum absolute atomic E-state index is 12.1. The Bertz CT molecular complexity index is 782. The molecule has 0 aliphatic rings. The van der Waals surface area contributed by atoms with Crippen molar-refractivity contribution in [3.8, 4) is 0 Å². The maximum atomic E-state index is 12.1. The number of sulfonamides is 1. The van der Waals surface area contributed by atoms with Gasteiger partial charge in [0.25, 0.3) is 5.91 Å². The zero-order chi connectivity index (χ0) is 17.6. The summed E-state index contributed by atoms with van der Waals surface area (Å²) in [5, 5.41) is 2.70. The number of benzene rings is 2. The quantitative estimate of drug-likeness (QED) is 0.755. The molecule has 6 heteroatoms. The maximum Gasteiger partial charge on any atom is 0.251 e. The number of aryl methyl sites for hydroxylation is 2. The van der Waals surface area contributed by atoms with E-state index in [4.69, 9.17) is 0 Å². The number of carbonyl (C=O) groups is 1. The number of amides is 1. The van der Waals surface area contributed by atoms with Gasteiger partial charge < -0.3 is 5.32 Å². The molecule has 2 rings (SSSR count). The van der Waals surface area contributed by atoms with Gasteiger partial charge in [0, 0.05) is 18.7 Å². The number of hydrogen-bond acceptors (Lipinski definition) is 3. The summed E-state index contributed by atoms with van der Waals surface area (Å²) in [6.45, 7) is 4.30. The van der Waals surface area contributed by atoms with Crippen molar-refractivity contribution in [3.63, 3.8) is 0 Å². The molecule has 0 fully saturated rings. The summed E-state index contributed by atoms with van der Waals surface area (Å²) < 4.78 is 26.7. The van der Waals surface area contributed by atoms with Crippen LogP contribution >= 0.6 is 0 Å². The standard InChI is InChI=1S/C18H22N2O3S/c1-3-15-6-8-16(9-7-15)18(21)19-12-13-20-24(22,23)17-10-4-14(2)5-11-17/h4-11,20H,3,12-13H2,1-2H3,(H,19,21). The molecule has 0 aromatic heterocycles. The van der Waals surface area contributed by atoms with Crippen molar-refractivity contribution in [2.45, 2.75) is 25.2 Å². The number of carbonyl (C=O) groups excluding carboxylic acids is 1. The summed E-state index contributed by atoms with van der Waals surface area (Å²) >= 11 is 0. The Morgan fingerprint density at radius 2 is 1.58 bits per heavy atom. The highest BCUT2D eigenvalue weighted by Crippen LogP contribution is 2.09. The van der Waals surface area contributed by atoms with Crippen molar-refractivity contribution in [1.29, 1.82) is 0 Å². The molecule has 0 radical (unpaired) electrons. The molecule has 2 aromatic carbocycles. The van der Waals surface area contributed by atoms with E-state index in [1.165, 1.54) is 0 Å². The number of nitrogens with one attached hydrogen (secondary N) is 2. The van der Waals surface area contributed by atoms with Crippen molar-refractivity contribution < 1.29 is 13.2 Å². The summed E-state index contributed by atoms with van der Waals surface area (Å²) in [6, 6.07) is 14.0. The lowest BCUT2D eigenvalue weighted by molar-refractivity contribution is 0.0954. The van der Waals surface area contributed by atoms with Gasteiger partial charge in [0.1, 0.15) is 0 Å². The molecular weight excluding hydrogens is 324 g/mol. The molecule has 128 valence electrons. The van der Waals surface area contributed by atoms with Gasteiger partial charge in [-0.1, -0.05) is 36.8 Å². The topological polar surface area (TPSA) is 75.3 Å². The molecule has 0 atom stereocenters. The molecule has 2 N–H and O–H groups in total. The van der Waals surface area contributed by atoms with Crippen LogP contribution in [0.1, 0.15) is 28.4 Å². The summed E-state index contributed by atoms with van der Waals surface area (Å²) in [5.74, 6) is -0.216. The third-order valence-electron chi connectivity index (χ3n) is 3.66. The molecule has 5 nitrogen and oxygen atoms in total. The summed E-state index contributed by atoms with van der Waals surface area (Å²) in [6.07, 6.45) is 0.919. The summed E-state index contributed by atoms with van der Waals surface area (Å²) in [5.41, 5.74) is 2.72. The van der Waals surface area contributed by atoms with Gasteiger partial charge >= 0.3 is 0 Å². The van der Waals surface area contributed by atoms with E-state index in [1.807, 2.05) is 19.1 Å². The van der Waals surface area contributed by atoms with Gasteiger partial charge in [0.15, 0.2) is 0 Å². The smallest absolute Gasteiger partial charge is 0.251 e. The van der Waals surface area contributed by atoms with Gasteiger partial charge in [-0.2, -0.15) is 0 Å². The Morgan fingerprint density at radius 3 is 2.17 bits per heavy atom. The van der Waals surface area contributed by atoms with E-state index in [1.54, 1.807) is 36.4 Å². The van der Waals surface area contributed by atoms with E-state index < -0.39 is 10.0 Å². The lowest BCUT2D eigenvalue weighted by atomic mass is 10.1. The highest BCUT2D eigenvalue weighted by molar-refractivity contribution is 7.89. The van der Waals surface area contributed by atoms with E-state index in [2.05, 4.69) is 17.0 Å². The van der Waals surface area contributed by atoms with Crippen LogP contribution in [0.25, 0.3) is 0 Å². The number of rotatable bonds is 7. The minimum absolute atomic E-state index is 0.134. The number of hydrogen-bond donors (Lipinski definition) is 2. The van der Waals surface area contributed by atoms with Crippen LogP contribution in [0.2, 0.25) is 0 Å². The van der Waals surface area contributed by atoms with Gasteiger partial charge in [0.2, 0.25) is 10.0 Å². The highest BCUT2D eigenvalue weighted by atomic mass is 32.2. The van der Waals surface area contributed by atoms with Crippen LogP contribution in [0.15, 0.2) is 53.4 Å². The third-order valence-corrected chi connectivity index (χ3v) is 5.14. The van der Waals surface area contributed by atoms with Crippen LogP contribution in [-0.4, -0.2) is 27.4 Å². The second kappa shape index (κ2) is 8.08. The fourth-order valence-corrected chi connectivity index (χ4v) is 3.19. The molecule has 1 amide bonds. The minimum atomic E-state index is -3.55. The van der Waals surface area contributed by atoms with E-state index in [0.717, 1.165) is 17.5 Å². The second-order valence-corrected chi connectivity index (χ2v) is 7.28. The largest absolute Gasteiger partial charge is 0.351 e. The van der Waals surface area contributed by atoms with Crippen molar-refractivity contribution in [2.24, 2.45) is 0 Å². The first-order valence-electron chi connectivity index (χ1n) is 7.86. The van der Waals surface area contributed by atoms with Gasteiger partial charge in [-0.15, -0.1) is 0 Å². The molecule has 0 saturated carbocycles. The normalized spacial score (nSPS) is 11.2. The first-order valence-corrected chi connectivity index (χ1v) is 9.34. The van der Waals surface area contributed by atoms with Crippen molar-refractivity contribution in [1.82, 2.24) is 10.0 Å². The Balaban J connectivity index is 1.83. The molecule has 0 spiro atoms. The van der Waals surface area contributed by atoms with Gasteiger partial charge in [-0.3, -0.25) is 4.79 Å². The van der Waals surface area contributed by atoms with Gasteiger partial charge in [0.05, 0.1) is 4.90 Å². The highest BCUT2D eigenvalue weighted by Gasteiger charge is 2.13. The molecule has 24 heavy (non-hydrogen) atoms. The van der Waals surface area contributed by atoms with Crippen LogP contribution in [-0.2, 0) is 16.4 Å². The minimum Gasteiger partial charge on any atom is -0.351 e. The van der Waals surface area contributed by atoms with E-state index in [-0.39, 0.29) is 23.9 Å². The molecule has 0 aliphatic carbocycles. The fourth-order valence-electron chi connectivity index (χ4n) is 2.16. The predicted molar refractivity (Wildman–Crippen MR) is 94.5 cm³/mol. The molecule has 0 heterocycles. The van der Waals surface area contributed by atoms with Crippen LogP contribution in [0.3, 0.4) is 0 Å². The van der Waals surface area contributed by atoms with Gasteiger partial charge in [-0.25, -0.2) is 13.1 Å². The van der Waals surface area contributed by atoms with Crippen LogP contribution in [0.5, 0.6) is 0 Å². The molecular formula is C18H22N2O3S. The molecule has 0 aliphatic heterocycles. The Labute approximate surface area is 143 Å². The molecule has 2 aromatic rings. The van der Waals surface area contributed by atoms with Crippen LogP contribution < -0.4 is 10.0 Å². The van der Waals surface area contributed by atoms with E-state index in [0.29, 0.717) is 5.56 Å². The fraction of sp³-hybridized carbons (Fsp3) is 0.278. The second-order valence-electron chi connectivity index (χ2n) is 5.52. The average molecular weight is 346 g/mol. The Hall–Kier alpha value is -2.18. The van der Waals surface area contributed by atoms with Crippen LogP contribution in [0, 0.1) is 6.92 Å². The van der Waals surface area contributed by atoms with E-state index in [9.17, 15) is 13.2 Å². The predicted octanol–water partition coefficient (Wildman–Crippen LogP) is 2.27.